The smallest absolute Gasteiger partial charge is 0.475 e. The number of carbonyl (C=O) groups excluding carboxylic acids is 1. The summed E-state index contributed by atoms with van der Waals surface area (Å²) in [7, 11) is 0. The van der Waals surface area contributed by atoms with Crippen LogP contribution in [0.2, 0.25) is 0 Å². The fraction of sp³-hybridized carbons (Fsp3) is 0.158. The molecule has 1 amide bonds. The molecule has 0 saturated heterocycles. The van der Waals surface area contributed by atoms with Gasteiger partial charge in [0, 0.05) is 18.8 Å². The van der Waals surface area contributed by atoms with Crippen molar-refractivity contribution in [3.8, 4) is 0 Å². The summed E-state index contributed by atoms with van der Waals surface area (Å²) < 4.78 is 49.9. The van der Waals surface area contributed by atoms with Gasteiger partial charge in [0.2, 0.25) is 11.7 Å². The Kier molecular flexibility index (Phi) is 9.77. The lowest BCUT2D eigenvalue weighted by atomic mass is 10.1. The molecule has 0 spiro atoms. The second-order valence-corrected chi connectivity index (χ2v) is 7.20. The molecule has 0 aliphatic rings. The fourth-order valence-electron chi connectivity index (χ4n) is 2.24. The number of hydroxylamine groups is 1. The molecular formula is C19H15BrF4N6O5. The minimum absolute atomic E-state index is 0.0160. The van der Waals surface area contributed by atoms with Crippen LogP contribution in [-0.4, -0.2) is 49.5 Å². The molecule has 0 unspecified atom stereocenters. The molecule has 16 heteroatoms. The zero-order valence-electron chi connectivity index (χ0n) is 17.3. The first-order chi connectivity index (χ1) is 16.5. The Balaban J connectivity index is 0.000000540. The number of aromatic nitrogens is 3. The van der Waals surface area contributed by atoms with Crippen LogP contribution in [0.25, 0.3) is 0 Å². The van der Waals surface area contributed by atoms with Gasteiger partial charge in [-0.25, -0.2) is 18.8 Å². The summed E-state index contributed by atoms with van der Waals surface area (Å²) in [5.41, 5.74) is 3.10. The molecule has 186 valence electrons. The molecule has 0 aliphatic carbocycles. The highest BCUT2D eigenvalue weighted by molar-refractivity contribution is 9.10. The molecule has 11 nitrogen and oxygen atoms in total. The summed E-state index contributed by atoms with van der Waals surface area (Å²) in [6.07, 6.45) is -1.08. The summed E-state index contributed by atoms with van der Waals surface area (Å²) in [6.45, 7) is 0. The molecule has 3 rings (SSSR count). The highest BCUT2D eigenvalue weighted by Gasteiger charge is 2.38. The number of aliphatic imine (C=N–C) groups is 1. The van der Waals surface area contributed by atoms with Crippen LogP contribution in [0.15, 0.2) is 56.8 Å². The zero-order valence-corrected chi connectivity index (χ0v) is 18.8. The van der Waals surface area contributed by atoms with E-state index >= 15 is 0 Å². The molecule has 2 heterocycles. The van der Waals surface area contributed by atoms with E-state index in [0.29, 0.717) is 12.1 Å². The third-order valence-electron chi connectivity index (χ3n) is 3.83. The van der Waals surface area contributed by atoms with Gasteiger partial charge in [0.15, 0.2) is 11.5 Å². The first-order valence-electron chi connectivity index (χ1n) is 9.27. The van der Waals surface area contributed by atoms with Gasteiger partial charge in [-0.2, -0.15) is 13.2 Å². The minimum Gasteiger partial charge on any atom is -0.475 e. The van der Waals surface area contributed by atoms with Crippen molar-refractivity contribution in [3.63, 3.8) is 0 Å². The maximum absolute atomic E-state index is 13.3. The van der Waals surface area contributed by atoms with Crippen LogP contribution in [0.3, 0.4) is 0 Å². The Morgan fingerprint density at radius 1 is 1.20 bits per heavy atom. The molecule has 0 radical (unpaired) electrons. The molecule has 0 saturated carbocycles. The second kappa shape index (κ2) is 12.5. The molecular weight excluding hydrogens is 548 g/mol. The second-order valence-electron chi connectivity index (χ2n) is 6.34. The maximum atomic E-state index is 13.3. The van der Waals surface area contributed by atoms with Gasteiger partial charge in [-0.3, -0.25) is 20.5 Å². The number of hydrogen-bond acceptors (Lipinski definition) is 8. The van der Waals surface area contributed by atoms with Crippen LogP contribution in [0.4, 0.5) is 29.1 Å². The molecule has 0 fully saturated rings. The third kappa shape index (κ3) is 8.74. The van der Waals surface area contributed by atoms with Crippen molar-refractivity contribution in [1.82, 2.24) is 20.8 Å². The number of anilines is 1. The van der Waals surface area contributed by atoms with Crippen molar-refractivity contribution < 1.29 is 42.1 Å². The molecule has 0 bridgehead atoms. The largest absolute Gasteiger partial charge is 0.490 e. The van der Waals surface area contributed by atoms with E-state index in [-0.39, 0.29) is 34.1 Å². The van der Waals surface area contributed by atoms with Crippen LogP contribution in [0.1, 0.15) is 17.7 Å². The molecule has 2 aromatic heterocycles. The Hall–Kier alpha value is -3.92. The number of pyridine rings is 1. The SMILES string of the molecule is O=C(CCc1cccnc1)Nc1nonc1C(=Nc1ccc(F)c(Br)c1)NO.O=C(O)C(F)(F)F. The zero-order chi connectivity index (χ0) is 26.0. The first-order valence-corrected chi connectivity index (χ1v) is 10.1. The van der Waals surface area contributed by atoms with E-state index in [1.165, 1.54) is 18.2 Å². The van der Waals surface area contributed by atoms with Crippen molar-refractivity contribution in [1.29, 1.82) is 0 Å². The monoisotopic (exact) mass is 562 g/mol. The van der Waals surface area contributed by atoms with Gasteiger partial charge in [0.05, 0.1) is 10.2 Å². The highest BCUT2D eigenvalue weighted by Crippen LogP contribution is 2.23. The molecule has 35 heavy (non-hydrogen) atoms. The quantitative estimate of drug-likeness (QED) is 0.152. The topological polar surface area (TPSA) is 163 Å². The highest BCUT2D eigenvalue weighted by atomic mass is 79.9. The summed E-state index contributed by atoms with van der Waals surface area (Å²) >= 11 is 3.06. The van der Waals surface area contributed by atoms with Crippen molar-refractivity contribution in [3.05, 3.63) is 64.3 Å². The van der Waals surface area contributed by atoms with E-state index < -0.39 is 18.0 Å². The lowest BCUT2D eigenvalue weighted by molar-refractivity contribution is -0.192. The van der Waals surface area contributed by atoms with Gasteiger partial charge >= 0.3 is 12.1 Å². The Bertz CT molecular complexity index is 1190. The van der Waals surface area contributed by atoms with Gasteiger partial charge in [0.1, 0.15) is 5.82 Å². The van der Waals surface area contributed by atoms with Gasteiger partial charge in [-0.05, 0) is 62.5 Å². The number of aliphatic carboxylic acids is 1. The van der Waals surface area contributed by atoms with Gasteiger partial charge < -0.3 is 10.4 Å². The number of nitrogens with zero attached hydrogens (tertiary/aromatic N) is 4. The minimum atomic E-state index is -5.08. The Morgan fingerprint density at radius 3 is 2.49 bits per heavy atom. The van der Waals surface area contributed by atoms with Crippen LogP contribution in [0, 0.1) is 5.82 Å². The standard InChI is InChI=1S/C17H14BrFN6O3.C2HF3O2/c18-12-8-11(4-5-13(12)19)21-16(23-27)15-17(25-28-24-15)22-14(26)6-3-10-2-1-7-20-9-10;3-2(4,5)1(6)7/h1-2,4-5,7-9,27H,3,6H2,(H,21,23)(H,22,25,26);(H,6,7). The number of amides is 1. The maximum Gasteiger partial charge on any atom is 0.490 e. The fourth-order valence-corrected chi connectivity index (χ4v) is 2.61. The van der Waals surface area contributed by atoms with Crippen LogP contribution in [-0.2, 0) is 16.0 Å². The third-order valence-corrected chi connectivity index (χ3v) is 4.43. The summed E-state index contributed by atoms with van der Waals surface area (Å²) in [4.78, 5) is 29.2. The van der Waals surface area contributed by atoms with Crippen molar-refractivity contribution >= 4 is 45.1 Å². The molecule has 0 atom stereocenters. The number of halogens is 5. The predicted octanol–water partition coefficient (Wildman–Crippen LogP) is 3.63. The number of hydrogen-bond donors (Lipinski definition) is 4. The van der Waals surface area contributed by atoms with E-state index in [1.54, 1.807) is 18.5 Å². The average molecular weight is 563 g/mol. The van der Waals surface area contributed by atoms with E-state index in [4.69, 9.17) is 9.90 Å². The van der Waals surface area contributed by atoms with E-state index in [0.717, 1.165) is 5.56 Å². The number of nitrogens with one attached hydrogen (secondary N) is 2. The number of rotatable bonds is 6. The van der Waals surface area contributed by atoms with Crippen molar-refractivity contribution in [2.24, 2.45) is 4.99 Å². The van der Waals surface area contributed by atoms with Gasteiger partial charge in [-0.15, -0.1) is 0 Å². The predicted molar refractivity (Wildman–Crippen MR) is 114 cm³/mol. The van der Waals surface area contributed by atoms with Crippen LogP contribution in [0.5, 0.6) is 0 Å². The number of aryl methyl sites for hydroxylation is 1. The molecule has 4 N–H and O–H groups in total. The van der Waals surface area contributed by atoms with Gasteiger partial charge in [-0.1, -0.05) is 6.07 Å². The Labute approximate surface area is 201 Å². The lowest BCUT2D eigenvalue weighted by Crippen LogP contribution is -2.23. The molecule has 0 aliphatic heterocycles. The number of benzene rings is 1. The normalized spacial score (nSPS) is 11.3. The van der Waals surface area contributed by atoms with Gasteiger partial charge in [0.25, 0.3) is 0 Å². The van der Waals surface area contributed by atoms with E-state index in [2.05, 4.69) is 46.2 Å². The average Bonchev–Trinajstić information content (AvgIpc) is 3.26. The summed E-state index contributed by atoms with van der Waals surface area (Å²) in [5.74, 6) is -3.70. The lowest BCUT2D eigenvalue weighted by Gasteiger charge is -2.05. The van der Waals surface area contributed by atoms with E-state index in [1.807, 2.05) is 11.5 Å². The van der Waals surface area contributed by atoms with E-state index in [9.17, 15) is 27.6 Å². The summed E-state index contributed by atoms with van der Waals surface area (Å²) in [6, 6.07) is 7.67. The van der Waals surface area contributed by atoms with Crippen molar-refractivity contribution in [2.45, 2.75) is 19.0 Å². The van der Waals surface area contributed by atoms with Crippen LogP contribution < -0.4 is 10.8 Å². The molecule has 3 aromatic rings. The number of carboxylic acid groups (broad SMARTS) is 1. The molecule has 1 aromatic carbocycles. The number of carboxylic acids is 1. The van der Waals surface area contributed by atoms with Crippen LogP contribution >= 0.6 is 15.9 Å². The number of carbonyl (C=O) groups is 2. The Morgan fingerprint density at radius 2 is 1.91 bits per heavy atom. The number of alkyl halides is 3. The van der Waals surface area contributed by atoms with Crippen molar-refractivity contribution in [2.75, 3.05) is 5.32 Å². The first kappa shape index (κ1) is 27.3. The number of amidine groups is 1. The summed E-state index contributed by atoms with van der Waals surface area (Å²) in [5, 5.41) is 26.3.